The number of amides is 2. The maximum absolute atomic E-state index is 13.3. The Kier molecular flexibility index (Phi) is 4.19. The first-order valence-corrected chi connectivity index (χ1v) is 5.64. The molecule has 2 N–H and O–H groups in total. The molecule has 7 heteroatoms. The van der Waals surface area contributed by atoms with E-state index in [9.17, 15) is 18.0 Å². The van der Waals surface area contributed by atoms with E-state index in [-0.39, 0.29) is 0 Å². The van der Waals surface area contributed by atoms with E-state index in [2.05, 4.69) is 15.6 Å². The monoisotopic (exact) mass is 281 g/mol. The van der Waals surface area contributed by atoms with Gasteiger partial charge in [-0.15, -0.1) is 0 Å². The Balaban J connectivity index is 1.97. The molecule has 0 aliphatic carbocycles. The van der Waals surface area contributed by atoms with Crippen molar-refractivity contribution >= 4 is 11.7 Å². The van der Waals surface area contributed by atoms with Crippen molar-refractivity contribution in [2.45, 2.75) is 6.54 Å². The van der Waals surface area contributed by atoms with E-state index in [4.69, 9.17) is 0 Å². The van der Waals surface area contributed by atoms with Crippen molar-refractivity contribution in [2.75, 3.05) is 5.32 Å². The Labute approximate surface area is 112 Å². The maximum Gasteiger partial charge on any atom is 0.319 e. The van der Waals surface area contributed by atoms with Gasteiger partial charge in [0.2, 0.25) is 0 Å². The van der Waals surface area contributed by atoms with Crippen LogP contribution in [0.2, 0.25) is 0 Å². The molecule has 0 aliphatic heterocycles. The Morgan fingerprint density at radius 1 is 1.10 bits per heavy atom. The highest BCUT2D eigenvalue weighted by Crippen LogP contribution is 2.14. The van der Waals surface area contributed by atoms with Crippen molar-refractivity contribution in [2.24, 2.45) is 0 Å². The van der Waals surface area contributed by atoms with Crippen LogP contribution in [0.25, 0.3) is 0 Å². The van der Waals surface area contributed by atoms with E-state index in [0.717, 1.165) is 0 Å². The van der Waals surface area contributed by atoms with Gasteiger partial charge in [0.1, 0.15) is 17.5 Å². The van der Waals surface area contributed by atoms with E-state index in [1.165, 1.54) is 12.4 Å². The fourth-order valence-corrected chi connectivity index (χ4v) is 1.52. The summed E-state index contributed by atoms with van der Waals surface area (Å²) >= 11 is 0. The fourth-order valence-electron chi connectivity index (χ4n) is 1.52. The summed E-state index contributed by atoms with van der Waals surface area (Å²) < 4.78 is 39.4. The molecule has 1 aromatic carbocycles. The third kappa shape index (κ3) is 3.47. The van der Waals surface area contributed by atoms with Gasteiger partial charge in [-0.1, -0.05) is 0 Å². The number of aromatic nitrogens is 1. The Morgan fingerprint density at radius 3 is 2.30 bits per heavy atom. The molecule has 0 aliphatic rings. The molecule has 0 saturated heterocycles. The number of nitrogens with zero attached hydrogens (tertiary/aromatic N) is 1. The van der Waals surface area contributed by atoms with E-state index < -0.39 is 35.6 Å². The number of hydrogen-bond donors (Lipinski definition) is 2. The average molecular weight is 281 g/mol. The van der Waals surface area contributed by atoms with Crippen LogP contribution in [0, 0.1) is 17.5 Å². The van der Waals surface area contributed by atoms with E-state index in [0.29, 0.717) is 17.8 Å². The standard InChI is InChI=1S/C13H10F3N3O/c14-8-5-11(15)10(12(16)6-8)7-18-13(20)19-9-1-3-17-4-2-9/h1-6H,7H2,(H2,17,18,19,20). The van der Waals surface area contributed by atoms with Gasteiger partial charge in [0, 0.05) is 35.8 Å². The summed E-state index contributed by atoms with van der Waals surface area (Å²) in [6, 6.07) is 3.58. The minimum absolute atomic E-state index is 0.394. The predicted molar refractivity (Wildman–Crippen MR) is 66.4 cm³/mol. The Bertz CT molecular complexity index is 597. The number of hydrogen-bond acceptors (Lipinski definition) is 2. The molecular formula is C13H10F3N3O. The SMILES string of the molecule is O=C(NCc1c(F)cc(F)cc1F)Nc1ccncc1. The lowest BCUT2D eigenvalue weighted by atomic mass is 10.2. The second-order valence-corrected chi connectivity index (χ2v) is 3.89. The summed E-state index contributed by atoms with van der Waals surface area (Å²) in [6.07, 6.45) is 2.96. The van der Waals surface area contributed by atoms with Crippen LogP contribution in [0.5, 0.6) is 0 Å². The number of nitrogens with one attached hydrogen (secondary N) is 2. The zero-order chi connectivity index (χ0) is 14.5. The Morgan fingerprint density at radius 2 is 1.70 bits per heavy atom. The molecule has 104 valence electrons. The lowest BCUT2D eigenvalue weighted by Crippen LogP contribution is -2.29. The van der Waals surface area contributed by atoms with Crippen molar-refractivity contribution in [3.63, 3.8) is 0 Å². The number of benzene rings is 1. The molecule has 20 heavy (non-hydrogen) atoms. The number of carbonyl (C=O) groups excluding carboxylic acids is 1. The van der Waals surface area contributed by atoms with Gasteiger partial charge in [-0.3, -0.25) is 4.98 Å². The van der Waals surface area contributed by atoms with Gasteiger partial charge < -0.3 is 10.6 Å². The van der Waals surface area contributed by atoms with Gasteiger partial charge in [-0.25, -0.2) is 18.0 Å². The molecule has 1 heterocycles. The quantitative estimate of drug-likeness (QED) is 0.909. The number of pyridine rings is 1. The van der Waals surface area contributed by atoms with Gasteiger partial charge in [-0.05, 0) is 12.1 Å². The largest absolute Gasteiger partial charge is 0.334 e. The molecule has 0 radical (unpaired) electrons. The van der Waals surface area contributed by atoms with Crippen molar-refractivity contribution < 1.29 is 18.0 Å². The minimum Gasteiger partial charge on any atom is -0.334 e. The summed E-state index contributed by atoms with van der Waals surface area (Å²) in [4.78, 5) is 15.3. The van der Waals surface area contributed by atoms with Crippen molar-refractivity contribution in [1.29, 1.82) is 0 Å². The first-order valence-electron chi connectivity index (χ1n) is 5.64. The van der Waals surface area contributed by atoms with E-state index in [1.807, 2.05) is 0 Å². The summed E-state index contributed by atoms with van der Waals surface area (Å²) in [6.45, 7) is -0.394. The second kappa shape index (κ2) is 6.05. The molecule has 2 aromatic rings. The molecular weight excluding hydrogens is 271 g/mol. The molecule has 1 aromatic heterocycles. The molecule has 4 nitrogen and oxygen atoms in total. The maximum atomic E-state index is 13.3. The highest BCUT2D eigenvalue weighted by molar-refractivity contribution is 5.89. The molecule has 0 fully saturated rings. The lowest BCUT2D eigenvalue weighted by Gasteiger charge is -2.09. The summed E-state index contributed by atoms with van der Waals surface area (Å²) in [5.41, 5.74) is 0.0776. The highest BCUT2D eigenvalue weighted by Gasteiger charge is 2.12. The smallest absolute Gasteiger partial charge is 0.319 e. The molecule has 0 atom stereocenters. The second-order valence-electron chi connectivity index (χ2n) is 3.89. The molecule has 0 spiro atoms. The molecule has 2 amide bonds. The van der Waals surface area contributed by atoms with Crippen molar-refractivity contribution in [3.05, 3.63) is 59.7 Å². The number of carbonyl (C=O) groups is 1. The van der Waals surface area contributed by atoms with Gasteiger partial charge in [0.15, 0.2) is 0 Å². The molecule has 0 unspecified atom stereocenters. The number of anilines is 1. The van der Waals surface area contributed by atoms with E-state index >= 15 is 0 Å². The normalized spacial score (nSPS) is 10.2. The van der Waals surface area contributed by atoms with Gasteiger partial charge in [-0.2, -0.15) is 0 Å². The van der Waals surface area contributed by atoms with Crippen LogP contribution in [-0.2, 0) is 6.54 Å². The fraction of sp³-hybridized carbons (Fsp3) is 0.0769. The van der Waals surface area contributed by atoms with Gasteiger partial charge in [0.05, 0.1) is 6.54 Å². The van der Waals surface area contributed by atoms with E-state index in [1.54, 1.807) is 12.1 Å². The van der Waals surface area contributed by atoms with Gasteiger partial charge in [0.25, 0.3) is 0 Å². The van der Waals surface area contributed by atoms with Crippen LogP contribution in [0.1, 0.15) is 5.56 Å². The van der Waals surface area contributed by atoms with Crippen LogP contribution >= 0.6 is 0 Å². The number of urea groups is 1. The summed E-state index contributed by atoms with van der Waals surface area (Å²) in [7, 11) is 0. The number of rotatable bonds is 3. The Hall–Kier alpha value is -2.57. The predicted octanol–water partition coefficient (Wildman–Crippen LogP) is 2.82. The molecule has 0 saturated carbocycles. The lowest BCUT2D eigenvalue weighted by molar-refractivity contribution is 0.251. The van der Waals surface area contributed by atoms with Crippen molar-refractivity contribution in [3.8, 4) is 0 Å². The van der Waals surface area contributed by atoms with Crippen molar-refractivity contribution in [1.82, 2.24) is 10.3 Å². The van der Waals surface area contributed by atoms with Crippen LogP contribution < -0.4 is 10.6 Å². The molecule has 0 bridgehead atoms. The zero-order valence-electron chi connectivity index (χ0n) is 10.2. The highest BCUT2D eigenvalue weighted by atomic mass is 19.1. The third-order valence-electron chi connectivity index (χ3n) is 2.47. The topological polar surface area (TPSA) is 54.0 Å². The zero-order valence-corrected chi connectivity index (χ0v) is 10.2. The average Bonchev–Trinajstić information content (AvgIpc) is 2.38. The van der Waals surface area contributed by atoms with Crippen LogP contribution in [-0.4, -0.2) is 11.0 Å². The van der Waals surface area contributed by atoms with Gasteiger partial charge >= 0.3 is 6.03 Å². The van der Waals surface area contributed by atoms with Crippen LogP contribution in [0.4, 0.5) is 23.7 Å². The summed E-state index contributed by atoms with van der Waals surface area (Å²) in [5.74, 6) is -3.11. The van der Waals surface area contributed by atoms with Crippen LogP contribution in [0.3, 0.4) is 0 Å². The summed E-state index contributed by atoms with van der Waals surface area (Å²) in [5, 5.41) is 4.73. The minimum atomic E-state index is -1.05. The van der Waals surface area contributed by atoms with Crippen LogP contribution in [0.15, 0.2) is 36.7 Å². The third-order valence-corrected chi connectivity index (χ3v) is 2.47. The number of halogens is 3. The first-order chi connectivity index (χ1) is 9.56. The first kappa shape index (κ1) is 13.9. The molecule has 2 rings (SSSR count).